The maximum absolute atomic E-state index is 13.9. The smallest absolute Gasteiger partial charge is 0.241 e. The Kier molecular flexibility index (Phi) is 7.76. The van der Waals surface area contributed by atoms with Gasteiger partial charge in [0.15, 0.2) is 0 Å². The van der Waals surface area contributed by atoms with Gasteiger partial charge in [0.1, 0.15) is 11.5 Å². The van der Waals surface area contributed by atoms with Crippen molar-refractivity contribution in [3.63, 3.8) is 0 Å². The molecule has 1 aromatic carbocycles. The molecule has 0 bridgehead atoms. The highest BCUT2D eigenvalue weighted by Gasteiger charge is 2.25. The van der Waals surface area contributed by atoms with Crippen LogP contribution in [0.4, 0.5) is 21.5 Å². The molecule has 0 aliphatic rings. The van der Waals surface area contributed by atoms with E-state index in [1.807, 2.05) is 0 Å². The molecule has 0 aliphatic carbocycles. The van der Waals surface area contributed by atoms with Gasteiger partial charge < -0.3 is 20.9 Å². The molecule has 2 amide bonds. The number of anilines is 3. The number of halogens is 1. The van der Waals surface area contributed by atoms with Crippen molar-refractivity contribution in [3.05, 3.63) is 36.1 Å². The first-order chi connectivity index (χ1) is 13.9. The van der Waals surface area contributed by atoms with E-state index in [1.165, 1.54) is 37.3 Å². The lowest BCUT2D eigenvalue weighted by Gasteiger charge is -2.25. The number of unbranched alkanes of at least 4 members (excludes halogenated alkanes) is 2. The molecule has 0 saturated carbocycles. The van der Waals surface area contributed by atoms with Crippen molar-refractivity contribution < 1.29 is 23.5 Å². The van der Waals surface area contributed by atoms with Crippen molar-refractivity contribution in [2.45, 2.75) is 32.1 Å². The Labute approximate surface area is 168 Å². The molecule has 156 valence electrons. The predicted octanol–water partition coefficient (Wildman–Crippen LogP) is 2.92. The van der Waals surface area contributed by atoms with E-state index in [9.17, 15) is 14.0 Å². The van der Waals surface area contributed by atoms with Crippen LogP contribution in [0.25, 0.3) is 0 Å². The van der Waals surface area contributed by atoms with Crippen molar-refractivity contribution in [2.75, 3.05) is 24.9 Å². The molecule has 0 fully saturated rings. The van der Waals surface area contributed by atoms with Gasteiger partial charge >= 0.3 is 0 Å². The Bertz CT molecular complexity index is 876. The average molecular weight is 404 g/mol. The van der Waals surface area contributed by atoms with E-state index >= 15 is 0 Å². The number of primary amides is 1. The molecule has 29 heavy (non-hydrogen) atoms. The number of benzene rings is 1. The largest absolute Gasteiger partial charge is 0.481 e. The number of nitrogen functional groups attached to an aromatic ring is 1. The number of nitrogens with two attached hydrogens (primary N) is 2. The molecule has 4 N–H and O–H groups in total. The molecule has 8 nitrogen and oxygen atoms in total. The minimum absolute atomic E-state index is 0.134. The lowest BCUT2D eigenvalue weighted by molar-refractivity contribution is -0.118. The molecule has 0 saturated heterocycles. The van der Waals surface area contributed by atoms with Gasteiger partial charge in [0, 0.05) is 25.0 Å². The zero-order valence-corrected chi connectivity index (χ0v) is 16.5. The van der Waals surface area contributed by atoms with Crippen LogP contribution in [0.1, 0.15) is 32.1 Å². The van der Waals surface area contributed by atoms with Gasteiger partial charge in [0.05, 0.1) is 25.6 Å². The van der Waals surface area contributed by atoms with Gasteiger partial charge in [-0.05, 0) is 31.0 Å². The molecule has 1 aromatic heterocycles. The first-order valence-electron chi connectivity index (χ1n) is 9.12. The summed E-state index contributed by atoms with van der Waals surface area (Å²) >= 11 is 0. The number of carbonyl (C=O) groups is 2. The third kappa shape index (κ3) is 5.81. The summed E-state index contributed by atoms with van der Waals surface area (Å²) < 4.78 is 24.3. The van der Waals surface area contributed by atoms with Crippen LogP contribution >= 0.6 is 0 Å². The fourth-order valence-electron chi connectivity index (χ4n) is 2.82. The Hall–Kier alpha value is -3.36. The van der Waals surface area contributed by atoms with E-state index in [1.54, 1.807) is 12.1 Å². The van der Waals surface area contributed by atoms with Crippen LogP contribution in [-0.4, -0.2) is 31.0 Å². The lowest BCUT2D eigenvalue weighted by atomic mass is 10.1. The van der Waals surface area contributed by atoms with Crippen molar-refractivity contribution in [1.82, 2.24) is 4.98 Å². The van der Waals surface area contributed by atoms with Gasteiger partial charge in [-0.2, -0.15) is 4.98 Å². The van der Waals surface area contributed by atoms with Gasteiger partial charge in [0.25, 0.3) is 0 Å². The number of hydrogen-bond donors (Lipinski definition) is 2. The van der Waals surface area contributed by atoms with E-state index in [0.29, 0.717) is 30.8 Å². The monoisotopic (exact) mass is 404 g/mol. The molecule has 2 rings (SSSR count). The van der Waals surface area contributed by atoms with Crippen LogP contribution in [-0.2, 0) is 9.59 Å². The molecule has 0 atom stereocenters. The molecular formula is C20H25FN4O4. The quantitative estimate of drug-likeness (QED) is 0.464. The Morgan fingerprint density at radius 1 is 1.03 bits per heavy atom. The zero-order chi connectivity index (χ0) is 21.4. The highest BCUT2D eigenvalue weighted by molar-refractivity contribution is 6.04. The second-order valence-corrected chi connectivity index (χ2v) is 6.34. The number of methoxy groups -OCH3 is 2. The van der Waals surface area contributed by atoms with Crippen LogP contribution in [0.15, 0.2) is 30.3 Å². The molecule has 2 aromatic rings. The third-order valence-electron chi connectivity index (χ3n) is 4.25. The minimum atomic E-state index is -0.533. The molecule has 0 unspecified atom stereocenters. The summed E-state index contributed by atoms with van der Waals surface area (Å²) in [6.07, 6.45) is 2.20. The van der Waals surface area contributed by atoms with Gasteiger partial charge in [-0.3, -0.25) is 14.5 Å². The fourth-order valence-corrected chi connectivity index (χ4v) is 2.82. The van der Waals surface area contributed by atoms with Crippen molar-refractivity contribution in [2.24, 2.45) is 5.73 Å². The Morgan fingerprint density at radius 2 is 1.76 bits per heavy atom. The van der Waals surface area contributed by atoms with E-state index < -0.39 is 5.82 Å². The van der Waals surface area contributed by atoms with E-state index in [0.717, 1.165) is 0 Å². The second kappa shape index (κ2) is 10.3. The van der Waals surface area contributed by atoms with Crippen LogP contribution < -0.4 is 25.8 Å². The maximum atomic E-state index is 13.9. The number of hydrogen-bond acceptors (Lipinski definition) is 6. The summed E-state index contributed by atoms with van der Waals surface area (Å²) in [5.74, 6) is -0.785. The number of nitrogens with zero attached hydrogens (tertiary/aromatic N) is 2. The summed E-state index contributed by atoms with van der Waals surface area (Å²) in [4.78, 5) is 29.4. The summed E-state index contributed by atoms with van der Waals surface area (Å²) in [7, 11) is 2.87. The first kappa shape index (κ1) is 21.9. The summed E-state index contributed by atoms with van der Waals surface area (Å²) in [5.41, 5.74) is 11.9. The molecule has 9 heteroatoms. The number of aromatic nitrogens is 1. The van der Waals surface area contributed by atoms with Crippen molar-refractivity contribution in [1.29, 1.82) is 0 Å². The summed E-state index contributed by atoms with van der Waals surface area (Å²) in [6, 6.07) is 6.96. The number of ether oxygens (including phenoxy) is 2. The number of rotatable bonds is 10. The topological polar surface area (TPSA) is 121 Å². The zero-order valence-electron chi connectivity index (χ0n) is 16.5. The van der Waals surface area contributed by atoms with Gasteiger partial charge in [-0.1, -0.05) is 6.42 Å². The van der Waals surface area contributed by atoms with Crippen molar-refractivity contribution in [3.8, 4) is 11.8 Å². The number of pyridine rings is 1. The highest BCUT2D eigenvalue weighted by Crippen LogP contribution is 2.37. The third-order valence-corrected chi connectivity index (χ3v) is 4.25. The van der Waals surface area contributed by atoms with Crippen LogP contribution in [0.3, 0.4) is 0 Å². The van der Waals surface area contributed by atoms with Gasteiger partial charge in [-0.15, -0.1) is 0 Å². The maximum Gasteiger partial charge on any atom is 0.241 e. The van der Waals surface area contributed by atoms with Gasteiger partial charge in [-0.25, -0.2) is 4.39 Å². The molecular weight excluding hydrogens is 379 g/mol. The highest BCUT2D eigenvalue weighted by atomic mass is 19.1. The summed E-state index contributed by atoms with van der Waals surface area (Å²) in [6.45, 7) is 0. The standard InChI is InChI=1S/C20H25FN4O4/c1-28-18-11-10-15(20(24-18)29-2)25(16-12-13(21)8-9-14(16)22)19(27)7-5-3-4-6-17(23)26/h8-12H,3-7,22H2,1-2H3,(H2,23,26). The lowest BCUT2D eigenvalue weighted by Crippen LogP contribution is -2.27. The van der Waals surface area contributed by atoms with Crippen LogP contribution in [0.2, 0.25) is 0 Å². The molecule has 0 radical (unpaired) electrons. The minimum Gasteiger partial charge on any atom is -0.481 e. The fraction of sp³-hybridized carbons (Fsp3) is 0.350. The summed E-state index contributed by atoms with van der Waals surface area (Å²) in [5, 5.41) is 0. The molecule has 0 aliphatic heterocycles. The SMILES string of the molecule is COc1ccc(N(C(=O)CCCCCC(N)=O)c2cc(F)ccc2N)c(OC)n1. The van der Waals surface area contributed by atoms with Crippen LogP contribution in [0.5, 0.6) is 11.8 Å². The number of carbonyl (C=O) groups excluding carboxylic acids is 2. The first-order valence-corrected chi connectivity index (χ1v) is 9.12. The molecule has 0 spiro atoms. The normalized spacial score (nSPS) is 10.4. The van der Waals surface area contributed by atoms with Crippen molar-refractivity contribution >= 4 is 28.9 Å². The van der Waals surface area contributed by atoms with Gasteiger partial charge in [0.2, 0.25) is 23.6 Å². The Balaban J connectivity index is 2.35. The Morgan fingerprint density at radius 3 is 2.41 bits per heavy atom. The van der Waals surface area contributed by atoms with E-state index in [4.69, 9.17) is 20.9 Å². The molecule has 1 heterocycles. The average Bonchev–Trinajstić information content (AvgIpc) is 2.70. The van der Waals surface area contributed by atoms with E-state index in [-0.39, 0.29) is 41.9 Å². The van der Waals surface area contributed by atoms with Crippen LogP contribution in [0, 0.1) is 5.82 Å². The second-order valence-electron chi connectivity index (χ2n) is 6.34. The number of amides is 2. The van der Waals surface area contributed by atoms with E-state index in [2.05, 4.69) is 4.98 Å². The predicted molar refractivity (Wildman–Crippen MR) is 108 cm³/mol.